The molecule has 0 saturated heterocycles. The van der Waals surface area contributed by atoms with E-state index in [0.717, 1.165) is 0 Å². The number of nitrogens with zero attached hydrogens (tertiary/aromatic N) is 4. The van der Waals surface area contributed by atoms with Crippen LogP contribution in [-0.2, 0) is 13.5 Å². The number of aromatic nitrogens is 3. The van der Waals surface area contributed by atoms with E-state index >= 15 is 0 Å². The molecule has 0 unspecified atom stereocenters. The molecule has 21 heavy (non-hydrogen) atoms. The Kier molecular flexibility index (Phi) is 4.63. The highest BCUT2D eigenvalue weighted by molar-refractivity contribution is 9.10. The van der Waals surface area contributed by atoms with Crippen molar-refractivity contribution in [2.75, 3.05) is 6.54 Å². The maximum absolute atomic E-state index is 11.9. The van der Waals surface area contributed by atoms with Crippen LogP contribution in [0.2, 0.25) is 0 Å². The molecule has 0 bridgehead atoms. The van der Waals surface area contributed by atoms with Crippen LogP contribution in [0.4, 0.5) is 5.69 Å². The standard InChI is InChI=1S/C12H12BrN5O3/c1-17-7-15-11(16-17)4-5-14-12(19)8-2-3-9(13)10(6-8)18(20)21/h2-3,6-7H,4-5H2,1H3,(H,14,19). The van der Waals surface area contributed by atoms with E-state index in [0.29, 0.717) is 23.3 Å². The average molecular weight is 354 g/mol. The number of nitro groups is 1. The van der Waals surface area contributed by atoms with E-state index in [4.69, 9.17) is 0 Å². The van der Waals surface area contributed by atoms with Crippen LogP contribution in [0.15, 0.2) is 29.0 Å². The van der Waals surface area contributed by atoms with E-state index in [1.165, 1.54) is 18.2 Å². The highest BCUT2D eigenvalue weighted by Gasteiger charge is 2.15. The highest BCUT2D eigenvalue weighted by atomic mass is 79.9. The molecule has 1 heterocycles. The smallest absolute Gasteiger partial charge is 0.284 e. The number of nitro benzene ring substituents is 1. The van der Waals surface area contributed by atoms with Crippen molar-refractivity contribution in [3.8, 4) is 0 Å². The molecular weight excluding hydrogens is 342 g/mol. The molecule has 1 amide bonds. The lowest BCUT2D eigenvalue weighted by Crippen LogP contribution is -2.26. The number of halogens is 1. The Balaban J connectivity index is 1.97. The molecule has 8 nitrogen and oxygen atoms in total. The van der Waals surface area contributed by atoms with Gasteiger partial charge in [0.05, 0.1) is 9.40 Å². The van der Waals surface area contributed by atoms with Crippen molar-refractivity contribution >= 4 is 27.5 Å². The lowest BCUT2D eigenvalue weighted by molar-refractivity contribution is -0.385. The summed E-state index contributed by atoms with van der Waals surface area (Å²) in [4.78, 5) is 26.3. The molecule has 0 spiro atoms. The van der Waals surface area contributed by atoms with Crippen LogP contribution in [0, 0.1) is 10.1 Å². The van der Waals surface area contributed by atoms with Gasteiger partial charge in [-0.15, -0.1) is 0 Å². The third-order valence-electron chi connectivity index (χ3n) is 2.69. The molecule has 0 fully saturated rings. The number of hydrogen-bond donors (Lipinski definition) is 1. The number of benzene rings is 1. The third kappa shape index (κ3) is 3.85. The van der Waals surface area contributed by atoms with E-state index in [9.17, 15) is 14.9 Å². The minimum atomic E-state index is -0.543. The molecule has 0 radical (unpaired) electrons. The van der Waals surface area contributed by atoms with E-state index in [-0.39, 0.29) is 17.2 Å². The zero-order valence-corrected chi connectivity index (χ0v) is 12.7. The molecule has 1 aromatic carbocycles. The van der Waals surface area contributed by atoms with Gasteiger partial charge in [-0.05, 0) is 28.1 Å². The summed E-state index contributed by atoms with van der Waals surface area (Å²) < 4.78 is 1.91. The van der Waals surface area contributed by atoms with Crippen LogP contribution in [0.1, 0.15) is 16.2 Å². The Morgan fingerprint density at radius 1 is 1.52 bits per heavy atom. The summed E-state index contributed by atoms with van der Waals surface area (Å²) >= 11 is 3.07. The van der Waals surface area contributed by atoms with Crippen molar-refractivity contribution in [1.29, 1.82) is 0 Å². The minimum Gasteiger partial charge on any atom is -0.352 e. The topological polar surface area (TPSA) is 103 Å². The van der Waals surface area contributed by atoms with Gasteiger partial charge in [0, 0.05) is 31.6 Å². The van der Waals surface area contributed by atoms with Crippen molar-refractivity contribution in [2.24, 2.45) is 7.05 Å². The van der Waals surface area contributed by atoms with Crippen LogP contribution in [0.3, 0.4) is 0 Å². The minimum absolute atomic E-state index is 0.144. The summed E-state index contributed by atoms with van der Waals surface area (Å²) in [5.41, 5.74) is 0.0907. The molecule has 0 aliphatic carbocycles. The molecule has 1 N–H and O–H groups in total. The lowest BCUT2D eigenvalue weighted by atomic mass is 10.2. The van der Waals surface area contributed by atoms with Crippen LogP contribution in [0.5, 0.6) is 0 Å². The van der Waals surface area contributed by atoms with E-state index in [2.05, 4.69) is 31.3 Å². The van der Waals surface area contributed by atoms with E-state index in [1.54, 1.807) is 18.1 Å². The van der Waals surface area contributed by atoms with Crippen molar-refractivity contribution in [1.82, 2.24) is 20.1 Å². The Morgan fingerprint density at radius 2 is 2.29 bits per heavy atom. The number of hydrogen-bond acceptors (Lipinski definition) is 5. The largest absolute Gasteiger partial charge is 0.352 e. The van der Waals surface area contributed by atoms with Gasteiger partial charge < -0.3 is 5.32 Å². The average Bonchev–Trinajstić information content (AvgIpc) is 2.84. The Morgan fingerprint density at radius 3 is 2.90 bits per heavy atom. The number of rotatable bonds is 5. The van der Waals surface area contributed by atoms with Crippen molar-refractivity contribution < 1.29 is 9.72 Å². The lowest BCUT2D eigenvalue weighted by Gasteiger charge is -2.04. The predicted octanol–water partition coefficient (Wildman–Crippen LogP) is 1.46. The van der Waals surface area contributed by atoms with Crippen molar-refractivity contribution in [2.45, 2.75) is 6.42 Å². The molecule has 0 aliphatic heterocycles. The molecule has 0 saturated carbocycles. The first-order chi connectivity index (χ1) is 9.97. The first-order valence-corrected chi connectivity index (χ1v) is 6.83. The second kappa shape index (κ2) is 6.44. The van der Waals surface area contributed by atoms with E-state index in [1.807, 2.05) is 0 Å². The monoisotopic (exact) mass is 353 g/mol. The Labute approximate surface area is 128 Å². The zero-order chi connectivity index (χ0) is 15.4. The van der Waals surface area contributed by atoms with Crippen molar-refractivity contribution in [3.63, 3.8) is 0 Å². The normalized spacial score (nSPS) is 10.4. The van der Waals surface area contributed by atoms with Gasteiger partial charge in [-0.3, -0.25) is 19.6 Å². The van der Waals surface area contributed by atoms with Gasteiger partial charge in [0.15, 0.2) is 5.82 Å². The Hall–Kier alpha value is -2.29. The highest BCUT2D eigenvalue weighted by Crippen LogP contribution is 2.25. The summed E-state index contributed by atoms with van der Waals surface area (Å²) in [5.74, 6) is 0.251. The molecule has 1 aromatic heterocycles. The quantitative estimate of drug-likeness (QED) is 0.647. The van der Waals surface area contributed by atoms with Gasteiger partial charge in [0.1, 0.15) is 6.33 Å². The molecule has 0 aliphatic rings. The van der Waals surface area contributed by atoms with Gasteiger partial charge in [-0.25, -0.2) is 4.98 Å². The van der Waals surface area contributed by atoms with Gasteiger partial charge in [0.2, 0.25) is 0 Å². The predicted molar refractivity (Wildman–Crippen MR) is 77.8 cm³/mol. The third-order valence-corrected chi connectivity index (χ3v) is 3.36. The fourth-order valence-electron chi connectivity index (χ4n) is 1.68. The summed E-state index contributed by atoms with van der Waals surface area (Å²) in [6.07, 6.45) is 2.07. The molecule has 110 valence electrons. The first kappa shape index (κ1) is 15.1. The molecule has 2 aromatic rings. The number of carbonyl (C=O) groups is 1. The molecular formula is C12H12BrN5O3. The van der Waals surface area contributed by atoms with Gasteiger partial charge in [-0.1, -0.05) is 0 Å². The maximum Gasteiger partial charge on any atom is 0.284 e. The van der Waals surface area contributed by atoms with Crippen LogP contribution >= 0.6 is 15.9 Å². The number of aryl methyl sites for hydroxylation is 1. The van der Waals surface area contributed by atoms with Crippen LogP contribution in [-0.4, -0.2) is 32.1 Å². The summed E-state index contributed by atoms with van der Waals surface area (Å²) in [6.45, 7) is 0.354. The second-order valence-electron chi connectivity index (χ2n) is 4.26. The number of carbonyl (C=O) groups excluding carboxylic acids is 1. The van der Waals surface area contributed by atoms with Crippen LogP contribution < -0.4 is 5.32 Å². The fourth-order valence-corrected chi connectivity index (χ4v) is 2.07. The van der Waals surface area contributed by atoms with Crippen LogP contribution in [0.25, 0.3) is 0 Å². The number of amides is 1. The zero-order valence-electron chi connectivity index (χ0n) is 11.1. The first-order valence-electron chi connectivity index (χ1n) is 6.04. The SMILES string of the molecule is Cn1cnc(CCNC(=O)c2ccc(Br)c([N+](=O)[O-])c2)n1. The van der Waals surface area contributed by atoms with E-state index < -0.39 is 4.92 Å². The van der Waals surface area contributed by atoms with Gasteiger partial charge >= 0.3 is 0 Å². The maximum atomic E-state index is 11.9. The molecule has 2 rings (SSSR count). The Bertz CT molecular complexity index is 685. The summed E-state index contributed by atoms with van der Waals surface area (Å²) in [5, 5.41) is 17.6. The van der Waals surface area contributed by atoms with Gasteiger partial charge in [-0.2, -0.15) is 5.10 Å². The number of nitrogens with one attached hydrogen (secondary N) is 1. The molecule has 9 heteroatoms. The van der Waals surface area contributed by atoms with Crippen molar-refractivity contribution in [3.05, 3.63) is 50.5 Å². The summed E-state index contributed by atoms with van der Waals surface area (Å²) in [7, 11) is 1.76. The fraction of sp³-hybridized carbons (Fsp3) is 0.250. The second-order valence-corrected chi connectivity index (χ2v) is 5.12. The molecule has 0 atom stereocenters. The van der Waals surface area contributed by atoms with Gasteiger partial charge in [0.25, 0.3) is 11.6 Å². The summed E-state index contributed by atoms with van der Waals surface area (Å²) in [6, 6.07) is 4.23.